The summed E-state index contributed by atoms with van der Waals surface area (Å²) < 4.78 is 0. The van der Waals surface area contributed by atoms with Gasteiger partial charge in [0.25, 0.3) is 0 Å². The van der Waals surface area contributed by atoms with Crippen LogP contribution < -0.4 is 5.73 Å². The second-order valence-corrected chi connectivity index (χ2v) is 4.44. The standard InChI is InChI=1S/C11H7Cl3N2/c12-7-3-1-6(2-4-7)10-8(13)5-9(14)11(15)16-10/h1-5H,(H2,15,16). The number of pyridine rings is 1. The van der Waals surface area contributed by atoms with Crippen molar-refractivity contribution in [3.05, 3.63) is 45.4 Å². The zero-order valence-corrected chi connectivity index (χ0v) is 10.3. The Bertz CT molecular complexity index is 523. The number of hydrogen-bond donors (Lipinski definition) is 1. The molecule has 0 aliphatic heterocycles. The van der Waals surface area contributed by atoms with E-state index in [0.717, 1.165) is 5.56 Å². The van der Waals surface area contributed by atoms with Gasteiger partial charge in [-0.25, -0.2) is 4.98 Å². The Labute approximate surface area is 108 Å². The van der Waals surface area contributed by atoms with Crippen molar-refractivity contribution in [3.8, 4) is 11.3 Å². The van der Waals surface area contributed by atoms with Crippen molar-refractivity contribution in [3.63, 3.8) is 0 Å². The van der Waals surface area contributed by atoms with Gasteiger partial charge in [-0.3, -0.25) is 0 Å². The summed E-state index contributed by atoms with van der Waals surface area (Å²) in [5.74, 6) is 0.260. The molecule has 0 radical (unpaired) electrons. The summed E-state index contributed by atoms with van der Waals surface area (Å²) in [6.45, 7) is 0. The van der Waals surface area contributed by atoms with Crippen LogP contribution in [0.1, 0.15) is 0 Å². The molecule has 0 aliphatic carbocycles. The molecule has 82 valence electrons. The van der Waals surface area contributed by atoms with Crippen molar-refractivity contribution in [2.24, 2.45) is 0 Å². The predicted molar refractivity (Wildman–Crippen MR) is 69.1 cm³/mol. The minimum atomic E-state index is 0.260. The quantitative estimate of drug-likeness (QED) is 0.842. The number of rotatable bonds is 1. The van der Waals surface area contributed by atoms with Crippen molar-refractivity contribution in [1.29, 1.82) is 0 Å². The first kappa shape index (κ1) is 11.5. The molecule has 1 aromatic heterocycles. The molecule has 0 spiro atoms. The van der Waals surface area contributed by atoms with Crippen LogP contribution in [0.15, 0.2) is 30.3 Å². The van der Waals surface area contributed by atoms with E-state index in [1.807, 2.05) is 12.1 Å². The minimum absolute atomic E-state index is 0.260. The van der Waals surface area contributed by atoms with E-state index >= 15 is 0 Å². The SMILES string of the molecule is Nc1nc(-c2ccc(Cl)cc2)c(Cl)cc1Cl. The van der Waals surface area contributed by atoms with Crippen LogP contribution in [0.25, 0.3) is 11.3 Å². The Hall–Kier alpha value is -0.960. The van der Waals surface area contributed by atoms with Gasteiger partial charge in [0.15, 0.2) is 0 Å². The molecule has 0 saturated carbocycles. The van der Waals surface area contributed by atoms with E-state index in [1.54, 1.807) is 18.2 Å². The topological polar surface area (TPSA) is 38.9 Å². The molecular formula is C11H7Cl3N2. The molecule has 5 heteroatoms. The van der Waals surface area contributed by atoms with Crippen LogP contribution in [0.5, 0.6) is 0 Å². The maximum Gasteiger partial charge on any atom is 0.143 e. The summed E-state index contributed by atoms with van der Waals surface area (Å²) in [7, 11) is 0. The fourth-order valence-electron chi connectivity index (χ4n) is 1.29. The van der Waals surface area contributed by atoms with Crippen molar-refractivity contribution in [2.75, 3.05) is 5.73 Å². The number of benzene rings is 1. The van der Waals surface area contributed by atoms with Gasteiger partial charge in [0.05, 0.1) is 15.7 Å². The molecule has 0 saturated heterocycles. The van der Waals surface area contributed by atoms with E-state index in [-0.39, 0.29) is 5.82 Å². The molecule has 0 fully saturated rings. The molecular weight excluding hydrogens is 266 g/mol. The van der Waals surface area contributed by atoms with E-state index < -0.39 is 0 Å². The zero-order valence-electron chi connectivity index (χ0n) is 8.05. The first-order valence-corrected chi connectivity index (χ1v) is 5.59. The molecule has 2 aromatic rings. The lowest BCUT2D eigenvalue weighted by Crippen LogP contribution is -1.94. The highest BCUT2D eigenvalue weighted by Gasteiger charge is 2.08. The number of hydrogen-bond acceptors (Lipinski definition) is 2. The van der Waals surface area contributed by atoms with Gasteiger partial charge < -0.3 is 5.73 Å². The van der Waals surface area contributed by atoms with Gasteiger partial charge in [0.1, 0.15) is 5.82 Å². The molecule has 2 nitrogen and oxygen atoms in total. The van der Waals surface area contributed by atoms with Crippen LogP contribution in [0.3, 0.4) is 0 Å². The first-order chi connectivity index (χ1) is 7.58. The van der Waals surface area contributed by atoms with Crippen LogP contribution in [-0.4, -0.2) is 4.98 Å². The third-order valence-electron chi connectivity index (χ3n) is 2.07. The van der Waals surface area contributed by atoms with Gasteiger partial charge in [-0.15, -0.1) is 0 Å². The highest BCUT2D eigenvalue weighted by Crippen LogP contribution is 2.31. The van der Waals surface area contributed by atoms with Crippen LogP contribution in [0.4, 0.5) is 5.82 Å². The van der Waals surface area contributed by atoms with Crippen molar-refractivity contribution >= 4 is 40.6 Å². The number of anilines is 1. The van der Waals surface area contributed by atoms with E-state index in [4.69, 9.17) is 40.5 Å². The lowest BCUT2D eigenvalue weighted by Gasteiger charge is -2.06. The Balaban J connectivity index is 2.56. The Morgan fingerprint density at radius 1 is 0.938 bits per heavy atom. The third-order valence-corrected chi connectivity index (χ3v) is 2.92. The number of nitrogens with zero attached hydrogens (tertiary/aromatic N) is 1. The average Bonchev–Trinajstić information content (AvgIpc) is 2.25. The summed E-state index contributed by atoms with van der Waals surface area (Å²) >= 11 is 17.6. The van der Waals surface area contributed by atoms with Crippen LogP contribution >= 0.6 is 34.8 Å². The molecule has 1 aromatic carbocycles. The van der Waals surface area contributed by atoms with Gasteiger partial charge in [-0.1, -0.05) is 46.9 Å². The van der Waals surface area contributed by atoms with E-state index in [1.165, 1.54) is 0 Å². The molecule has 1 heterocycles. The van der Waals surface area contributed by atoms with Crippen LogP contribution in [0, 0.1) is 0 Å². The summed E-state index contributed by atoms with van der Waals surface area (Å²) in [4.78, 5) is 4.14. The molecule has 0 bridgehead atoms. The molecule has 0 atom stereocenters. The van der Waals surface area contributed by atoms with Crippen LogP contribution in [-0.2, 0) is 0 Å². The largest absolute Gasteiger partial charge is 0.382 e. The normalized spacial score (nSPS) is 10.4. The van der Waals surface area contributed by atoms with Gasteiger partial charge >= 0.3 is 0 Å². The van der Waals surface area contributed by atoms with E-state index in [0.29, 0.717) is 20.8 Å². The summed E-state index contributed by atoms with van der Waals surface area (Å²) in [5.41, 5.74) is 7.07. The Morgan fingerprint density at radius 3 is 2.19 bits per heavy atom. The summed E-state index contributed by atoms with van der Waals surface area (Å²) in [6, 6.07) is 8.75. The number of halogens is 3. The van der Waals surface area contributed by atoms with Gasteiger partial charge in [0, 0.05) is 10.6 Å². The molecule has 16 heavy (non-hydrogen) atoms. The molecule has 0 unspecified atom stereocenters. The number of nitrogens with two attached hydrogens (primary N) is 1. The lowest BCUT2D eigenvalue weighted by atomic mass is 10.1. The maximum absolute atomic E-state index is 6.04. The van der Waals surface area contributed by atoms with Crippen LogP contribution in [0.2, 0.25) is 15.1 Å². The summed E-state index contributed by atoms with van der Waals surface area (Å²) in [6.07, 6.45) is 0. The van der Waals surface area contributed by atoms with Crippen molar-refractivity contribution in [2.45, 2.75) is 0 Å². The minimum Gasteiger partial charge on any atom is -0.382 e. The molecule has 2 N–H and O–H groups in total. The van der Waals surface area contributed by atoms with Crippen molar-refractivity contribution in [1.82, 2.24) is 4.98 Å². The fourth-order valence-corrected chi connectivity index (χ4v) is 1.88. The first-order valence-electron chi connectivity index (χ1n) is 4.45. The highest BCUT2D eigenvalue weighted by molar-refractivity contribution is 6.37. The maximum atomic E-state index is 6.04. The van der Waals surface area contributed by atoms with Crippen molar-refractivity contribution < 1.29 is 0 Å². The van der Waals surface area contributed by atoms with E-state index in [2.05, 4.69) is 4.98 Å². The lowest BCUT2D eigenvalue weighted by molar-refractivity contribution is 1.33. The predicted octanol–water partition coefficient (Wildman–Crippen LogP) is 4.29. The van der Waals surface area contributed by atoms with E-state index in [9.17, 15) is 0 Å². The monoisotopic (exact) mass is 272 g/mol. The molecule has 0 aliphatic rings. The number of nitrogen functional groups attached to an aromatic ring is 1. The average molecular weight is 274 g/mol. The van der Waals surface area contributed by atoms with Gasteiger partial charge in [-0.05, 0) is 18.2 Å². The number of aromatic nitrogens is 1. The smallest absolute Gasteiger partial charge is 0.143 e. The highest BCUT2D eigenvalue weighted by atomic mass is 35.5. The second-order valence-electron chi connectivity index (χ2n) is 3.19. The molecule has 2 rings (SSSR count). The molecule has 0 amide bonds. The van der Waals surface area contributed by atoms with Gasteiger partial charge in [0.2, 0.25) is 0 Å². The van der Waals surface area contributed by atoms with Gasteiger partial charge in [-0.2, -0.15) is 0 Å². The second kappa shape index (κ2) is 4.50. The summed E-state index contributed by atoms with van der Waals surface area (Å²) in [5, 5.41) is 1.46. The Kier molecular flexibility index (Phi) is 3.24. The Morgan fingerprint density at radius 2 is 1.56 bits per heavy atom. The fraction of sp³-hybridized carbons (Fsp3) is 0. The third kappa shape index (κ3) is 2.24. The zero-order chi connectivity index (χ0) is 11.7.